The van der Waals surface area contributed by atoms with Gasteiger partial charge in [-0.2, -0.15) is 0 Å². The van der Waals surface area contributed by atoms with Crippen molar-refractivity contribution in [1.82, 2.24) is 5.32 Å². The summed E-state index contributed by atoms with van der Waals surface area (Å²) < 4.78 is 11.2. The molecule has 1 aromatic rings. The SMILES string of the molecule is Cc1cccc(OC(C)CNC(=O)C2(CN)CCOCC2)c1. The van der Waals surface area contributed by atoms with E-state index in [4.69, 9.17) is 15.2 Å². The van der Waals surface area contributed by atoms with Crippen LogP contribution in [0.3, 0.4) is 0 Å². The molecule has 5 nitrogen and oxygen atoms in total. The van der Waals surface area contributed by atoms with Gasteiger partial charge in [0.1, 0.15) is 11.9 Å². The molecule has 1 amide bonds. The van der Waals surface area contributed by atoms with Gasteiger partial charge in [-0.1, -0.05) is 12.1 Å². The Bertz CT molecular complexity index is 498. The van der Waals surface area contributed by atoms with Gasteiger partial charge in [-0.15, -0.1) is 0 Å². The number of carbonyl (C=O) groups is 1. The van der Waals surface area contributed by atoms with E-state index in [2.05, 4.69) is 5.32 Å². The van der Waals surface area contributed by atoms with Gasteiger partial charge in [0.05, 0.1) is 12.0 Å². The quantitative estimate of drug-likeness (QED) is 0.838. The molecule has 0 spiro atoms. The van der Waals surface area contributed by atoms with Gasteiger partial charge >= 0.3 is 0 Å². The van der Waals surface area contributed by atoms with Gasteiger partial charge in [0.25, 0.3) is 0 Å². The summed E-state index contributed by atoms with van der Waals surface area (Å²) in [6.45, 7) is 5.99. The normalized spacial score (nSPS) is 18.5. The molecule has 1 saturated heterocycles. The third-order valence-corrected chi connectivity index (χ3v) is 4.20. The molecule has 0 saturated carbocycles. The summed E-state index contributed by atoms with van der Waals surface area (Å²) in [6.07, 6.45) is 1.27. The molecule has 2 rings (SSSR count). The van der Waals surface area contributed by atoms with E-state index in [1.165, 1.54) is 0 Å². The number of nitrogens with one attached hydrogen (secondary N) is 1. The van der Waals surface area contributed by atoms with E-state index in [0.29, 0.717) is 39.1 Å². The minimum Gasteiger partial charge on any atom is -0.489 e. The number of amides is 1. The van der Waals surface area contributed by atoms with Crippen LogP contribution >= 0.6 is 0 Å². The van der Waals surface area contributed by atoms with Crippen molar-refractivity contribution in [2.45, 2.75) is 32.8 Å². The number of hydrogen-bond donors (Lipinski definition) is 2. The topological polar surface area (TPSA) is 73.6 Å². The van der Waals surface area contributed by atoms with E-state index in [1.54, 1.807) is 0 Å². The maximum absolute atomic E-state index is 12.5. The van der Waals surface area contributed by atoms with Crippen molar-refractivity contribution in [2.75, 3.05) is 26.3 Å². The Morgan fingerprint density at radius 1 is 1.45 bits per heavy atom. The Morgan fingerprint density at radius 3 is 2.82 bits per heavy atom. The third-order valence-electron chi connectivity index (χ3n) is 4.20. The van der Waals surface area contributed by atoms with Crippen LogP contribution in [-0.4, -0.2) is 38.3 Å². The first-order valence-corrected chi connectivity index (χ1v) is 7.85. The summed E-state index contributed by atoms with van der Waals surface area (Å²) in [5.74, 6) is 0.833. The highest BCUT2D eigenvalue weighted by Crippen LogP contribution is 2.29. The first-order valence-electron chi connectivity index (χ1n) is 7.85. The second kappa shape index (κ2) is 7.61. The molecule has 122 valence electrons. The van der Waals surface area contributed by atoms with Crippen LogP contribution in [0, 0.1) is 12.3 Å². The van der Waals surface area contributed by atoms with Crippen molar-refractivity contribution in [2.24, 2.45) is 11.1 Å². The molecule has 1 aliphatic heterocycles. The second-order valence-corrected chi connectivity index (χ2v) is 6.05. The van der Waals surface area contributed by atoms with Crippen molar-refractivity contribution < 1.29 is 14.3 Å². The fourth-order valence-corrected chi connectivity index (χ4v) is 2.67. The standard InChI is InChI=1S/C17H26N2O3/c1-13-4-3-5-15(10-13)22-14(2)11-19-16(20)17(12-18)6-8-21-9-7-17/h3-5,10,14H,6-9,11-12,18H2,1-2H3,(H,19,20). The largest absolute Gasteiger partial charge is 0.489 e. The molecule has 1 atom stereocenters. The van der Waals surface area contributed by atoms with Gasteiger partial charge < -0.3 is 20.5 Å². The smallest absolute Gasteiger partial charge is 0.227 e. The fraction of sp³-hybridized carbons (Fsp3) is 0.588. The molecule has 1 fully saturated rings. The predicted octanol–water partition coefficient (Wildman–Crippen LogP) is 1.63. The maximum Gasteiger partial charge on any atom is 0.227 e. The highest BCUT2D eigenvalue weighted by Gasteiger charge is 2.38. The highest BCUT2D eigenvalue weighted by molar-refractivity contribution is 5.83. The molecule has 1 aromatic carbocycles. The van der Waals surface area contributed by atoms with Gasteiger partial charge in [-0.25, -0.2) is 0 Å². The number of benzene rings is 1. The lowest BCUT2D eigenvalue weighted by Crippen LogP contribution is -2.50. The number of ether oxygens (including phenoxy) is 2. The van der Waals surface area contributed by atoms with E-state index in [9.17, 15) is 4.79 Å². The summed E-state index contributed by atoms with van der Waals surface area (Å²) >= 11 is 0. The number of nitrogens with two attached hydrogens (primary N) is 1. The van der Waals surface area contributed by atoms with Crippen LogP contribution in [0.2, 0.25) is 0 Å². The summed E-state index contributed by atoms with van der Waals surface area (Å²) in [5.41, 5.74) is 6.50. The van der Waals surface area contributed by atoms with Gasteiger partial charge in [-0.05, 0) is 44.4 Å². The molecule has 22 heavy (non-hydrogen) atoms. The Balaban J connectivity index is 1.84. The number of carbonyl (C=O) groups excluding carboxylic acids is 1. The molecular weight excluding hydrogens is 280 g/mol. The minimum absolute atomic E-state index is 0.0120. The zero-order valence-corrected chi connectivity index (χ0v) is 13.4. The van der Waals surface area contributed by atoms with Gasteiger partial charge in [0.15, 0.2) is 0 Å². The fourth-order valence-electron chi connectivity index (χ4n) is 2.67. The average Bonchev–Trinajstić information content (AvgIpc) is 2.53. The van der Waals surface area contributed by atoms with Crippen molar-refractivity contribution in [1.29, 1.82) is 0 Å². The highest BCUT2D eigenvalue weighted by atomic mass is 16.5. The van der Waals surface area contributed by atoms with E-state index < -0.39 is 5.41 Å². The van der Waals surface area contributed by atoms with Crippen molar-refractivity contribution in [3.05, 3.63) is 29.8 Å². The molecule has 0 radical (unpaired) electrons. The van der Waals surface area contributed by atoms with Gasteiger partial charge in [0.2, 0.25) is 5.91 Å². The van der Waals surface area contributed by atoms with Crippen LogP contribution in [0.5, 0.6) is 5.75 Å². The Hall–Kier alpha value is -1.59. The van der Waals surface area contributed by atoms with Crippen LogP contribution in [0.25, 0.3) is 0 Å². The van der Waals surface area contributed by atoms with Gasteiger partial charge in [-0.3, -0.25) is 4.79 Å². The monoisotopic (exact) mass is 306 g/mol. The van der Waals surface area contributed by atoms with Crippen molar-refractivity contribution in [3.63, 3.8) is 0 Å². The Morgan fingerprint density at radius 2 is 2.18 bits per heavy atom. The number of aryl methyl sites for hydroxylation is 1. The Kier molecular flexibility index (Phi) is 5.80. The molecule has 1 heterocycles. The summed E-state index contributed by atoms with van der Waals surface area (Å²) in [7, 11) is 0. The van der Waals surface area contributed by atoms with Crippen LogP contribution < -0.4 is 15.8 Å². The zero-order chi connectivity index (χ0) is 16.0. The van der Waals surface area contributed by atoms with Crippen molar-refractivity contribution >= 4 is 5.91 Å². The van der Waals surface area contributed by atoms with Crippen LogP contribution in [0.15, 0.2) is 24.3 Å². The molecule has 0 aromatic heterocycles. The van der Waals surface area contributed by atoms with E-state index in [-0.39, 0.29) is 12.0 Å². The molecular formula is C17H26N2O3. The molecule has 0 bridgehead atoms. The minimum atomic E-state index is -0.485. The summed E-state index contributed by atoms with van der Waals surface area (Å²) in [4.78, 5) is 12.5. The molecule has 1 unspecified atom stereocenters. The van der Waals surface area contributed by atoms with E-state index in [0.717, 1.165) is 11.3 Å². The molecule has 3 N–H and O–H groups in total. The maximum atomic E-state index is 12.5. The number of rotatable bonds is 6. The first kappa shape index (κ1) is 16.8. The second-order valence-electron chi connectivity index (χ2n) is 6.05. The Labute approximate surface area is 132 Å². The van der Waals surface area contributed by atoms with E-state index >= 15 is 0 Å². The zero-order valence-electron chi connectivity index (χ0n) is 13.4. The molecule has 0 aliphatic carbocycles. The van der Waals surface area contributed by atoms with Crippen LogP contribution in [0.1, 0.15) is 25.3 Å². The summed E-state index contributed by atoms with van der Waals surface area (Å²) in [5, 5.41) is 2.98. The average molecular weight is 306 g/mol. The first-order chi connectivity index (χ1) is 10.6. The molecule has 1 aliphatic rings. The van der Waals surface area contributed by atoms with Gasteiger partial charge in [0, 0.05) is 19.8 Å². The lowest BCUT2D eigenvalue weighted by atomic mass is 9.79. The number of hydrogen-bond acceptors (Lipinski definition) is 4. The predicted molar refractivity (Wildman–Crippen MR) is 85.8 cm³/mol. The van der Waals surface area contributed by atoms with Crippen LogP contribution in [-0.2, 0) is 9.53 Å². The third kappa shape index (κ3) is 4.21. The lowest BCUT2D eigenvalue weighted by Gasteiger charge is -2.34. The summed E-state index contributed by atoms with van der Waals surface area (Å²) in [6, 6.07) is 7.89. The molecule has 5 heteroatoms. The van der Waals surface area contributed by atoms with Crippen molar-refractivity contribution in [3.8, 4) is 5.75 Å². The van der Waals surface area contributed by atoms with Crippen LogP contribution in [0.4, 0.5) is 0 Å². The van der Waals surface area contributed by atoms with E-state index in [1.807, 2.05) is 38.1 Å². The lowest BCUT2D eigenvalue weighted by molar-refractivity contribution is -0.136.